The van der Waals surface area contributed by atoms with Gasteiger partial charge in [-0.2, -0.15) is 0 Å². The lowest BCUT2D eigenvalue weighted by atomic mass is 10.6. The molecule has 0 fully saturated rings. The van der Waals surface area contributed by atoms with Crippen LogP contribution in [0.15, 0.2) is 15.5 Å². The predicted molar refractivity (Wildman–Crippen MR) is 36.2 cm³/mol. The molecule has 0 aliphatic rings. The molecule has 8 heavy (non-hydrogen) atoms. The van der Waals surface area contributed by atoms with Gasteiger partial charge in [0.25, 0.3) is 4.80 Å². The van der Waals surface area contributed by atoms with Gasteiger partial charge in [0, 0.05) is 15.9 Å². The lowest BCUT2D eigenvalue weighted by Crippen LogP contribution is -1.63. The van der Waals surface area contributed by atoms with Gasteiger partial charge in [-0.3, -0.25) is 0 Å². The molecule has 2 nitrogen and oxygen atoms in total. The smallest absolute Gasteiger partial charge is 0.264 e. The third-order valence-electron chi connectivity index (χ3n) is 0.591. The first kappa shape index (κ1) is 7.98. The Bertz CT molecular complexity index is 148. The molecule has 0 bridgehead atoms. The SMILES string of the molecule is Cc1coc(Br)n1.Cl. The molecule has 46 valence electrons. The van der Waals surface area contributed by atoms with Gasteiger partial charge in [-0.25, -0.2) is 4.98 Å². The minimum absolute atomic E-state index is 0. The van der Waals surface area contributed by atoms with Gasteiger partial charge in [0.15, 0.2) is 0 Å². The normalized spacial score (nSPS) is 8.25. The minimum Gasteiger partial charge on any atom is -0.439 e. The molecule has 0 aromatic carbocycles. The summed E-state index contributed by atoms with van der Waals surface area (Å²) in [5.74, 6) is 0. The molecule has 0 spiro atoms. The van der Waals surface area contributed by atoms with Crippen LogP contribution in [0.3, 0.4) is 0 Å². The van der Waals surface area contributed by atoms with Gasteiger partial charge in [0.1, 0.15) is 6.26 Å². The Morgan fingerprint density at radius 3 is 2.50 bits per heavy atom. The first-order valence-electron chi connectivity index (χ1n) is 1.86. The Balaban J connectivity index is 0.000000490. The summed E-state index contributed by atoms with van der Waals surface area (Å²) in [6.07, 6.45) is 1.59. The number of aromatic nitrogens is 1. The number of rotatable bonds is 0. The number of hydrogen-bond acceptors (Lipinski definition) is 2. The van der Waals surface area contributed by atoms with Crippen LogP contribution in [0.5, 0.6) is 0 Å². The number of hydrogen-bond donors (Lipinski definition) is 0. The fourth-order valence-corrected chi connectivity index (χ4v) is 0.698. The van der Waals surface area contributed by atoms with Crippen molar-refractivity contribution in [3.63, 3.8) is 0 Å². The summed E-state index contributed by atoms with van der Waals surface area (Å²) in [6.45, 7) is 1.87. The summed E-state index contributed by atoms with van der Waals surface area (Å²) in [6, 6.07) is 0. The second-order valence-corrected chi connectivity index (χ2v) is 1.92. The van der Waals surface area contributed by atoms with Crippen molar-refractivity contribution in [3.05, 3.63) is 16.8 Å². The molecule has 1 rings (SSSR count). The van der Waals surface area contributed by atoms with Gasteiger partial charge in [-0.1, -0.05) is 0 Å². The Hall–Kier alpha value is -0.0200. The van der Waals surface area contributed by atoms with E-state index in [0.717, 1.165) is 5.69 Å². The second-order valence-electron chi connectivity index (χ2n) is 1.24. The van der Waals surface area contributed by atoms with E-state index in [9.17, 15) is 0 Å². The first-order chi connectivity index (χ1) is 3.29. The molecule has 0 N–H and O–H groups in total. The monoisotopic (exact) mass is 197 g/mol. The average Bonchev–Trinajstić information content (AvgIpc) is 1.87. The van der Waals surface area contributed by atoms with Gasteiger partial charge in [-0.15, -0.1) is 12.4 Å². The molecule has 1 aromatic rings. The summed E-state index contributed by atoms with van der Waals surface area (Å²) in [4.78, 5) is 4.41. The molecule has 1 heterocycles. The molecule has 0 radical (unpaired) electrons. The van der Waals surface area contributed by atoms with E-state index >= 15 is 0 Å². The maximum Gasteiger partial charge on any atom is 0.264 e. The quantitative estimate of drug-likeness (QED) is 0.638. The Kier molecular flexibility index (Phi) is 3.09. The molecule has 0 atom stereocenters. The third kappa shape index (κ3) is 1.84. The zero-order valence-corrected chi connectivity index (χ0v) is 6.62. The predicted octanol–water partition coefficient (Wildman–Crippen LogP) is 2.17. The lowest BCUT2D eigenvalue weighted by Gasteiger charge is -1.66. The number of aryl methyl sites for hydroxylation is 1. The van der Waals surface area contributed by atoms with Crippen LogP contribution < -0.4 is 0 Å². The summed E-state index contributed by atoms with van der Waals surface area (Å²) in [5, 5.41) is 0. The van der Waals surface area contributed by atoms with Crippen LogP contribution in [0.1, 0.15) is 5.69 Å². The molecule has 1 aromatic heterocycles. The van der Waals surface area contributed by atoms with Crippen LogP contribution in [-0.2, 0) is 0 Å². The Morgan fingerprint density at radius 2 is 2.38 bits per heavy atom. The van der Waals surface area contributed by atoms with Crippen molar-refractivity contribution >= 4 is 28.3 Å². The van der Waals surface area contributed by atoms with Gasteiger partial charge in [0.05, 0.1) is 5.69 Å². The Labute approximate surface area is 61.8 Å². The largest absolute Gasteiger partial charge is 0.439 e. The molecule has 4 heteroatoms. The maximum absolute atomic E-state index is 4.77. The molecular weight excluding hydrogens is 193 g/mol. The van der Waals surface area contributed by atoms with Crippen molar-refractivity contribution in [2.24, 2.45) is 0 Å². The van der Waals surface area contributed by atoms with Gasteiger partial charge in [0.2, 0.25) is 0 Å². The van der Waals surface area contributed by atoms with Crippen molar-refractivity contribution < 1.29 is 4.42 Å². The van der Waals surface area contributed by atoms with Crippen molar-refractivity contribution in [2.45, 2.75) is 6.92 Å². The van der Waals surface area contributed by atoms with Crippen LogP contribution >= 0.6 is 28.3 Å². The van der Waals surface area contributed by atoms with Crippen LogP contribution in [0.25, 0.3) is 0 Å². The van der Waals surface area contributed by atoms with Crippen LogP contribution in [0.4, 0.5) is 0 Å². The summed E-state index contributed by atoms with van der Waals surface area (Å²) in [7, 11) is 0. The first-order valence-corrected chi connectivity index (χ1v) is 2.66. The number of halogens is 2. The van der Waals surface area contributed by atoms with Crippen molar-refractivity contribution in [1.82, 2.24) is 4.98 Å². The zero-order chi connectivity index (χ0) is 5.28. The van der Waals surface area contributed by atoms with Crippen molar-refractivity contribution in [2.75, 3.05) is 0 Å². The van der Waals surface area contributed by atoms with Gasteiger partial charge >= 0.3 is 0 Å². The fourth-order valence-electron chi connectivity index (χ4n) is 0.325. The molecule has 0 unspecified atom stereocenters. The zero-order valence-electron chi connectivity index (χ0n) is 4.22. The van der Waals surface area contributed by atoms with E-state index < -0.39 is 0 Å². The number of oxazole rings is 1. The van der Waals surface area contributed by atoms with Crippen molar-refractivity contribution in [1.29, 1.82) is 0 Å². The van der Waals surface area contributed by atoms with E-state index in [1.165, 1.54) is 0 Å². The van der Waals surface area contributed by atoms with E-state index in [2.05, 4.69) is 20.9 Å². The summed E-state index contributed by atoms with van der Waals surface area (Å²) in [5.41, 5.74) is 0.895. The molecule has 0 aliphatic heterocycles. The number of nitrogens with zero attached hydrogens (tertiary/aromatic N) is 1. The highest BCUT2D eigenvalue weighted by Gasteiger charge is 1.89. The van der Waals surface area contributed by atoms with Gasteiger partial charge < -0.3 is 4.42 Å². The highest BCUT2D eigenvalue weighted by molar-refractivity contribution is 9.10. The summed E-state index contributed by atoms with van der Waals surface area (Å²) < 4.78 is 4.77. The topological polar surface area (TPSA) is 26.0 Å². The second kappa shape index (κ2) is 3.10. The molecular formula is C4H5BrClNO. The lowest BCUT2D eigenvalue weighted by molar-refractivity contribution is 0.528. The van der Waals surface area contributed by atoms with E-state index in [4.69, 9.17) is 4.42 Å². The fraction of sp³-hybridized carbons (Fsp3) is 0.250. The van der Waals surface area contributed by atoms with Crippen LogP contribution in [-0.4, -0.2) is 4.98 Å². The van der Waals surface area contributed by atoms with Crippen LogP contribution in [0.2, 0.25) is 0 Å². The van der Waals surface area contributed by atoms with E-state index in [1.807, 2.05) is 6.92 Å². The van der Waals surface area contributed by atoms with Gasteiger partial charge in [-0.05, 0) is 6.92 Å². The molecule has 0 amide bonds. The van der Waals surface area contributed by atoms with E-state index in [0.29, 0.717) is 4.80 Å². The van der Waals surface area contributed by atoms with Crippen molar-refractivity contribution in [3.8, 4) is 0 Å². The maximum atomic E-state index is 4.77. The minimum atomic E-state index is 0. The average molecular weight is 198 g/mol. The standard InChI is InChI=1S/C4H4BrNO.ClH/c1-3-2-7-4(5)6-3;/h2H,1H3;1H. The van der Waals surface area contributed by atoms with Crippen LogP contribution in [0, 0.1) is 6.92 Å². The van der Waals surface area contributed by atoms with E-state index in [1.54, 1.807) is 6.26 Å². The third-order valence-corrected chi connectivity index (χ3v) is 0.955. The highest BCUT2D eigenvalue weighted by Crippen LogP contribution is 2.06. The molecule has 0 saturated heterocycles. The molecule has 0 saturated carbocycles. The van der Waals surface area contributed by atoms with E-state index in [-0.39, 0.29) is 12.4 Å². The Morgan fingerprint density at radius 1 is 1.75 bits per heavy atom. The molecule has 0 aliphatic carbocycles. The summed E-state index contributed by atoms with van der Waals surface area (Å²) >= 11 is 3.05. The highest BCUT2D eigenvalue weighted by atomic mass is 79.9.